The minimum atomic E-state index is -0.0249. The van der Waals surface area contributed by atoms with Crippen LogP contribution in [0.3, 0.4) is 0 Å². The van der Waals surface area contributed by atoms with Crippen molar-refractivity contribution in [2.24, 2.45) is 0 Å². The molecule has 0 amide bonds. The van der Waals surface area contributed by atoms with E-state index in [1.54, 1.807) is 0 Å². The molecular weight excluding hydrogens is 139 g/mol. The number of rotatable bonds is 0. The fraction of sp³-hybridized carbons (Fsp3) is 0.100. The van der Waals surface area contributed by atoms with Gasteiger partial charge >= 0.3 is 0 Å². The fourth-order valence-corrected chi connectivity index (χ4v) is 1.29. The van der Waals surface area contributed by atoms with Crippen molar-refractivity contribution in [1.82, 2.24) is 0 Å². The lowest BCUT2D eigenvalue weighted by atomic mass is 9.96. The fourth-order valence-electron chi connectivity index (χ4n) is 1.29. The van der Waals surface area contributed by atoms with Crippen LogP contribution in [-0.2, 0) is 0 Å². The second-order valence-electron chi connectivity index (χ2n) is 2.60. The van der Waals surface area contributed by atoms with Gasteiger partial charge in [-0.2, -0.15) is 0 Å². The average molecular weight is 147 g/mol. The molecule has 0 fully saturated rings. The van der Waals surface area contributed by atoms with Gasteiger partial charge in [-0.05, 0) is 5.56 Å². The third kappa shape index (κ3) is 1.07. The van der Waals surface area contributed by atoms with E-state index in [2.05, 4.69) is 0 Å². The molecule has 1 aliphatic carbocycles. The summed E-state index contributed by atoms with van der Waals surface area (Å²) in [5.74, 6) is 0. The number of hydrogen-bond donors (Lipinski definition) is 0. The minimum Gasteiger partial charge on any atom is -0.234 e. The summed E-state index contributed by atoms with van der Waals surface area (Å²) >= 11 is 0. The highest BCUT2D eigenvalue weighted by Gasteiger charge is 2.15. The lowest BCUT2D eigenvalue weighted by Gasteiger charge is -2.12. The van der Waals surface area contributed by atoms with Crippen molar-refractivity contribution >= 4 is 6.08 Å². The van der Waals surface area contributed by atoms with E-state index in [0.717, 1.165) is 11.1 Å². The van der Waals surface area contributed by atoms with Gasteiger partial charge in [0.1, 0.15) is 0 Å². The van der Waals surface area contributed by atoms with E-state index in [1.807, 2.05) is 36.4 Å². The zero-order valence-electron chi connectivity index (χ0n) is 6.05. The Bertz CT molecular complexity index is 289. The van der Waals surface area contributed by atoms with Crippen LogP contribution in [0.5, 0.6) is 0 Å². The summed E-state index contributed by atoms with van der Waals surface area (Å²) < 4.78 is 13.0. The Balaban J connectivity index is 2.54. The van der Waals surface area contributed by atoms with E-state index in [-0.39, 0.29) is 6.17 Å². The summed E-state index contributed by atoms with van der Waals surface area (Å²) in [5.41, 5.74) is 1.73. The van der Waals surface area contributed by atoms with Crippen LogP contribution in [0.4, 0.5) is 4.39 Å². The number of benzene rings is 1. The van der Waals surface area contributed by atoms with Gasteiger partial charge in [-0.25, -0.2) is 4.39 Å². The molecule has 1 aliphatic rings. The third-order valence-corrected chi connectivity index (χ3v) is 1.85. The van der Waals surface area contributed by atoms with Crippen molar-refractivity contribution in [2.45, 2.75) is 6.42 Å². The maximum Gasteiger partial charge on any atom is 0.178 e. The summed E-state index contributed by atoms with van der Waals surface area (Å²) in [7, 11) is 0. The molecular formula is C10H8F. The van der Waals surface area contributed by atoms with Gasteiger partial charge in [0.2, 0.25) is 0 Å². The van der Waals surface area contributed by atoms with E-state index in [0.29, 0.717) is 6.42 Å². The standard InChI is InChI=1S/C10H8F/c11-10-7-3-5-8-4-1-2-6-9(8)10/h1-6H,7H2. The number of fused-ring (bicyclic) bond motifs is 1. The Morgan fingerprint density at radius 3 is 2.82 bits per heavy atom. The summed E-state index contributed by atoms with van der Waals surface area (Å²) in [6.45, 7) is 0. The lowest BCUT2D eigenvalue weighted by Crippen LogP contribution is -1.97. The minimum absolute atomic E-state index is 0.0249. The summed E-state index contributed by atoms with van der Waals surface area (Å²) in [4.78, 5) is 0. The zero-order valence-corrected chi connectivity index (χ0v) is 6.05. The molecule has 11 heavy (non-hydrogen) atoms. The van der Waals surface area contributed by atoms with Gasteiger partial charge in [0, 0.05) is 12.0 Å². The normalized spacial score (nSPS) is 16.5. The lowest BCUT2D eigenvalue weighted by molar-refractivity contribution is 0.519. The van der Waals surface area contributed by atoms with Crippen molar-refractivity contribution in [3.63, 3.8) is 0 Å². The van der Waals surface area contributed by atoms with Crippen molar-refractivity contribution < 1.29 is 4.39 Å². The maximum atomic E-state index is 13.0. The van der Waals surface area contributed by atoms with Crippen molar-refractivity contribution in [2.75, 3.05) is 0 Å². The first kappa shape index (κ1) is 6.59. The quantitative estimate of drug-likeness (QED) is 0.529. The highest BCUT2D eigenvalue weighted by atomic mass is 19.1. The number of allylic oxidation sites excluding steroid dienone is 1. The first-order valence-electron chi connectivity index (χ1n) is 3.65. The molecule has 0 bridgehead atoms. The van der Waals surface area contributed by atoms with Crippen LogP contribution in [0, 0.1) is 6.17 Å². The Morgan fingerprint density at radius 1 is 1.18 bits per heavy atom. The van der Waals surface area contributed by atoms with Crippen LogP contribution in [0.2, 0.25) is 0 Å². The van der Waals surface area contributed by atoms with E-state index in [9.17, 15) is 4.39 Å². The molecule has 0 aromatic heterocycles. The molecule has 2 rings (SSSR count). The van der Waals surface area contributed by atoms with Crippen molar-refractivity contribution in [3.8, 4) is 0 Å². The molecule has 0 aliphatic heterocycles. The Kier molecular flexibility index (Phi) is 1.50. The Morgan fingerprint density at radius 2 is 2.00 bits per heavy atom. The monoisotopic (exact) mass is 147 g/mol. The van der Waals surface area contributed by atoms with Crippen LogP contribution in [0.25, 0.3) is 6.08 Å². The molecule has 1 radical (unpaired) electrons. The summed E-state index contributed by atoms with van der Waals surface area (Å²) in [6, 6.07) is 7.51. The molecule has 1 aromatic rings. The average Bonchev–Trinajstić information content (AvgIpc) is 2.06. The van der Waals surface area contributed by atoms with Crippen LogP contribution in [-0.4, -0.2) is 0 Å². The van der Waals surface area contributed by atoms with Crippen LogP contribution in [0.15, 0.2) is 30.3 Å². The van der Waals surface area contributed by atoms with Crippen LogP contribution < -0.4 is 0 Å². The van der Waals surface area contributed by atoms with Crippen LogP contribution >= 0.6 is 0 Å². The van der Waals surface area contributed by atoms with Gasteiger partial charge in [0.25, 0.3) is 0 Å². The van der Waals surface area contributed by atoms with Gasteiger partial charge < -0.3 is 0 Å². The maximum absolute atomic E-state index is 13.0. The molecule has 0 saturated heterocycles. The third-order valence-electron chi connectivity index (χ3n) is 1.85. The molecule has 0 nitrogen and oxygen atoms in total. The van der Waals surface area contributed by atoms with Gasteiger partial charge in [-0.15, -0.1) is 0 Å². The molecule has 0 heterocycles. The highest BCUT2D eigenvalue weighted by molar-refractivity contribution is 5.60. The molecule has 0 spiro atoms. The SMILES string of the molecule is F[C]1CC=Cc2ccccc21. The van der Waals surface area contributed by atoms with Crippen molar-refractivity contribution in [1.29, 1.82) is 0 Å². The summed E-state index contributed by atoms with van der Waals surface area (Å²) in [6.07, 6.45) is 4.22. The number of halogens is 1. The Labute approximate surface area is 65.4 Å². The van der Waals surface area contributed by atoms with Crippen molar-refractivity contribution in [3.05, 3.63) is 47.6 Å². The molecule has 0 unspecified atom stereocenters. The molecule has 0 atom stereocenters. The van der Waals surface area contributed by atoms with Gasteiger partial charge in [0.05, 0.1) is 0 Å². The van der Waals surface area contributed by atoms with Crippen LogP contribution in [0.1, 0.15) is 17.5 Å². The number of hydrogen-bond acceptors (Lipinski definition) is 0. The second-order valence-corrected chi connectivity index (χ2v) is 2.60. The van der Waals surface area contributed by atoms with Gasteiger partial charge in [-0.1, -0.05) is 36.4 Å². The molecule has 55 valence electrons. The zero-order chi connectivity index (χ0) is 7.68. The topological polar surface area (TPSA) is 0 Å². The largest absolute Gasteiger partial charge is 0.234 e. The smallest absolute Gasteiger partial charge is 0.178 e. The van der Waals surface area contributed by atoms with Gasteiger partial charge in [-0.3, -0.25) is 0 Å². The van der Waals surface area contributed by atoms with E-state index >= 15 is 0 Å². The van der Waals surface area contributed by atoms with E-state index < -0.39 is 0 Å². The van der Waals surface area contributed by atoms with Gasteiger partial charge in [0.15, 0.2) is 6.17 Å². The predicted octanol–water partition coefficient (Wildman–Crippen LogP) is 2.95. The summed E-state index contributed by atoms with van der Waals surface area (Å²) in [5, 5.41) is 0. The van der Waals surface area contributed by atoms with E-state index in [1.165, 1.54) is 0 Å². The Hall–Kier alpha value is -1.11. The predicted molar refractivity (Wildman–Crippen MR) is 43.5 cm³/mol. The van der Waals surface area contributed by atoms with E-state index in [4.69, 9.17) is 0 Å². The molecule has 1 aromatic carbocycles. The molecule has 0 N–H and O–H groups in total. The molecule has 1 heteroatoms. The molecule has 0 saturated carbocycles. The first-order chi connectivity index (χ1) is 5.38. The highest BCUT2D eigenvalue weighted by Crippen LogP contribution is 2.28. The second kappa shape index (κ2) is 2.50. The first-order valence-corrected chi connectivity index (χ1v) is 3.65.